The molecule has 1 aromatic carbocycles. The summed E-state index contributed by atoms with van der Waals surface area (Å²) in [6.07, 6.45) is 3.05. The fraction of sp³-hybridized carbons (Fsp3) is 0.381. The van der Waals surface area contributed by atoms with Gasteiger partial charge in [0.25, 0.3) is 0 Å². The predicted octanol–water partition coefficient (Wildman–Crippen LogP) is 5.85. The van der Waals surface area contributed by atoms with Crippen LogP contribution in [0.1, 0.15) is 31.7 Å². The van der Waals surface area contributed by atoms with Crippen LogP contribution in [0.25, 0.3) is 0 Å². The van der Waals surface area contributed by atoms with Crippen molar-refractivity contribution in [2.75, 3.05) is 25.5 Å². The van der Waals surface area contributed by atoms with E-state index in [9.17, 15) is 18.0 Å². The number of fused-ring (bicyclic) bond motifs is 1. The van der Waals surface area contributed by atoms with Gasteiger partial charge in [-0.25, -0.2) is 0 Å². The summed E-state index contributed by atoms with van der Waals surface area (Å²) in [4.78, 5) is 16.8. The number of hydrogen-bond acceptors (Lipinski definition) is 3. The first-order valence-corrected chi connectivity index (χ1v) is 9.86. The Bertz CT molecular complexity index is 797. The number of halogens is 3. The number of alkyl halides is 3. The van der Waals surface area contributed by atoms with Gasteiger partial charge in [0.2, 0.25) is 5.91 Å². The molecule has 1 aromatic rings. The lowest BCUT2D eigenvalue weighted by Gasteiger charge is -2.34. The van der Waals surface area contributed by atoms with Crippen LogP contribution < -0.4 is 4.90 Å². The number of amides is 1. The van der Waals surface area contributed by atoms with Crippen LogP contribution >= 0.6 is 11.8 Å². The molecule has 0 atom stereocenters. The Hall–Kier alpha value is -2.15. The van der Waals surface area contributed by atoms with Crippen LogP contribution in [-0.2, 0) is 11.0 Å². The van der Waals surface area contributed by atoms with Crippen LogP contribution in [0.4, 0.5) is 18.9 Å². The smallest absolute Gasteiger partial charge is 0.349 e. The van der Waals surface area contributed by atoms with Crippen molar-refractivity contribution < 1.29 is 18.0 Å². The first-order valence-electron chi connectivity index (χ1n) is 9.04. The van der Waals surface area contributed by atoms with Crippen LogP contribution in [0.2, 0.25) is 0 Å². The molecule has 28 heavy (non-hydrogen) atoms. The molecule has 1 amide bonds. The summed E-state index contributed by atoms with van der Waals surface area (Å²) >= 11 is 1.42. The highest BCUT2D eigenvalue weighted by atomic mass is 32.2. The van der Waals surface area contributed by atoms with Crippen molar-refractivity contribution in [3.63, 3.8) is 0 Å². The molecule has 0 saturated heterocycles. The van der Waals surface area contributed by atoms with E-state index in [1.54, 1.807) is 19.0 Å². The molecule has 152 valence electrons. The third kappa shape index (κ3) is 5.44. The van der Waals surface area contributed by atoms with Crippen molar-refractivity contribution in [3.05, 3.63) is 59.2 Å². The number of hydrogen-bond donors (Lipinski definition) is 0. The van der Waals surface area contributed by atoms with Crippen molar-refractivity contribution in [1.82, 2.24) is 4.90 Å². The van der Waals surface area contributed by atoms with Crippen molar-refractivity contribution in [1.29, 1.82) is 0 Å². The highest BCUT2D eigenvalue weighted by molar-refractivity contribution is 8.03. The maximum Gasteiger partial charge on any atom is 0.416 e. The van der Waals surface area contributed by atoms with E-state index < -0.39 is 11.7 Å². The first kappa shape index (κ1) is 22.1. The van der Waals surface area contributed by atoms with E-state index >= 15 is 0 Å². The van der Waals surface area contributed by atoms with Gasteiger partial charge < -0.3 is 9.80 Å². The molecule has 0 unspecified atom stereocenters. The molecule has 0 fully saturated rings. The first-order chi connectivity index (χ1) is 13.1. The largest absolute Gasteiger partial charge is 0.416 e. The molecular formula is C21H25F3N2OS. The SMILES string of the molecule is C=C1C(=CC=CC)Sc2ccc(C(F)(F)F)cc2N1CCCCC(=O)N(C)C. The second-order valence-corrected chi connectivity index (χ2v) is 7.77. The molecule has 0 aliphatic carbocycles. The summed E-state index contributed by atoms with van der Waals surface area (Å²) in [6.45, 7) is 6.51. The Kier molecular flexibility index (Phi) is 7.41. The fourth-order valence-corrected chi connectivity index (χ4v) is 3.81. The van der Waals surface area contributed by atoms with Gasteiger partial charge in [0.15, 0.2) is 0 Å². The van der Waals surface area contributed by atoms with Gasteiger partial charge in [0.05, 0.1) is 11.3 Å². The van der Waals surface area contributed by atoms with Gasteiger partial charge in [-0.3, -0.25) is 4.79 Å². The summed E-state index contributed by atoms with van der Waals surface area (Å²) in [5.41, 5.74) is 0.517. The molecular weight excluding hydrogens is 385 g/mol. The zero-order valence-electron chi connectivity index (χ0n) is 16.3. The van der Waals surface area contributed by atoms with E-state index in [4.69, 9.17) is 0 Å². The van der Waals surface area contributed by atoms with Crippen molar-refractivity contribution >= 4 is 23.4 Å². The van der Waals surface area contributed by atoms with Crippen LogP contribution in [-0.4, -0.2) is 31.4 Å². The molecule has 0 aromatic heterocycles. The highest BCUT2D eigenvalue weighted by Crippen LogP contribution is 2.47. The van der Waals surface area contributed by atoms with Crippen LogP contribution in [0.15, 0.2) is 58.5 Å². The van der Waals surface area contributed by atoms with E-state index in [0.29, 0.717) is 37.2 Å². The van der Waals surface area contributed by atoms with Crippen molar-refractivity contribution in [3.8, 4) is 0 Å². The number of carbonyl (C=O) groups is 1. The number of allylic oxidation sites excluding steroid dienone is 3. The molecule has 0 N–H and O–H groups in total. The summed E-state index contributed by atoms with van der Waals surface area (Å²) in [5.74, 6) is 0.0430. The van der Waals surface area contributed by atoms with Crippen LogP contribution in [0.3, 0.4) is 0 Å². The second kappa shape index (κ2) is 9.37. The van der Waals surface area contributed by atoms with Gasteiger partial charge in [-0.05, 0) is 44.0 Å². The van der Waals surface area contributed by atoms with Gasteiger partial charge in [-0.2, -0.15) is 13.2 Å². The maximum atomic E-state index is 13.2. The molecule has 2 rings (SSSR count). The fourth-order valence-electron chi connectivity index (χ4n) is 2.79. The second-order valence-electron chi connectivity index (χ2n) is 6.68. The minimum Gasteiger partial charge on any atom is -0.349 e. The standard InChI is InChI=1S/C21H25F3N2OS/c1-5-6-9-18-15(2)26(13-8-7-10-20(27)25(3)4)17-14-16(21(22,23)24)11-12-19(17)28-18/h5-6,9,11-12,14H,2,7-8,10,13H2,1,3-4H3. The van der Waals surface area contributed by atoms with Gasteiger partial charge >= 0.3 is 6.18 Å². The summed E-state index contributed by atoms with van der Waals surface area (Å²) in [7, 11) is 3.42. The molecule has 3 nitrogen and oxygen atoms in total. The number of benzene rings is 1. The lowest BCUT2D eigenvalue weighted by atomic mass is 10.1. The predicted molar refractivity (Wildman–Crippen MR) is 109 cm³/mol. The van der Waals surface area contributed by atoms with Crippen LogP contribution in [0, 0.1) is 0 Å². The number of carbonyl (C=O) groups excluding carboxylic acids is 1. The summed E-state index contributed by atoms with van der Waals surface area (Å²) < 4.78 is 39.6. The lowest BCUT2D eigenvalue weighted by Crippen LogP contribution is -2.28. The molecule has 0 bridgehead atoms. The molecule has 0 radical (unpaired) electrons. The average molecular weight is 411 g/mol. The molecule has 7 heteroatoms. The zero-order chi connectivity index (χ0) is 20.9. The Morgan fingerprint density at radius 1 is 1.29 bits per heavy atom. The third-order valence-electron chi connectivity index (χ3n) is 4.37. The van der Waals surface area contributed by atoms with E-state index in [-0.39, 0.29) is 5.91 Å². The number of anilines is 1. The van der Waals surface area contributed by atoms with Gasteiger partial charge in [0.1, 0.15) is 0 Å². The Balaban J connectivity index is 2.27. The Labute approximate surface area is 168 Å². The topological polar surface area (TPSA) is 23.6 Å². The number of rotatable bonds is 6. The molecule has 0 spiro atoms. The zero-order valence-corrected chi connectivity index (χ0v) is 17.2. The van der Waals surface area contributed by atoms with E-state index in [0.717, 1.165) is 15.9 Å². The molecule has 1 aliphatic heterocycles. The Morgan fingerprint density at radius 3 is 2.61 bits per heavy atom. The monoisotopic (exact) mass is 410 g/mol. The quantitative estimate of drug-likeness (QED) is 0.550. The van der Waals surface area contributed by atoms with Crippen molar-refractivity contribution in [2.24, 2.45) is 0 Å². The molecule has 1 aliphatic rings. The van der Waals surface area contributed by atoms with Crippen LogP contribution in [0.5, 0.6) is 0 Å². The Morgan fingerprint density at radius 2 is 2.00 bits per heavy atom. The number of unbranched alkanes of at least 4 members (excludes halogenated alkanes) is 1. The normalized spacial score (nSPS) is 16.0. The average Bonchev–Trinajstić information content (AvgIpc) is 2.63. The minimum atomic E-state index is -4.40. The van der Waals surface area contributed by atoms with Gasteiger partial charge in [0, 0.05) is 42.6 Å². The number of nitrogens with zero attached hydrogens (tertiary/aromatic N) is 2. The maximum absolute atomic E-state index is 13.2. The summed E-state index contributed by atoms with van der Waals surface area (Å²) in [5, 5.41) is 0. The highest BCUT2D eigenvalue weighted by Gasteiger charge is 2.33. The van der Waals surface area contributed by atoms with E-state index in [1.807, 2.05) is 30.1 Å². The molecule has 0 saturated carbocycles. The van der Waals surface area contributed by atoms with Gasteiger partial charge in [-0.15, -0.1) is 0 Å². The van der Waals surface area contributed by atoms with Crippen molar-refractivity contribution in [2.45, 2.75) is 37.3 Å². The van der Waals surface area contributed by atoms with E-state index in [1.165, 1.54) is 23.9 Å². The van der Waals surface area contributed by atoms with Gasteiger partial charge in [-0.1, -0.05) is 30.5 Å². The number of thioether (sulfide) groups is 1. The minimum absolute atomic E-state index is 0.0430. The lowest BCUT2D eigenvalue weighted by molar-refractivity contribution is -0.137. The third-order valence-corrected chi connectivity index (χ3v) is 5.53. The van der Waals surface area contributed by atoms with E-state index in [2.05, 4.69) is 6.58 Å². The molecule has 1 heterocycles. The summed E-state index contributed by atoms with van der Waals surface area (Å²) in [6, 6.07) is 3.81.